The fourth-order valence-corrected chi connectivity index (χ4v) is 3.61. The van der Waals surface area contributed by atoms with E-state index < -0.39 is 0 Å². The third kappa shape index (κ3) is 1.47. The lowest BCUT2D eigenvalue weighted by Gasteiger charge is -2.60. The zero-order valence-electron chi connectivity index (χ0n) is 9.46. The molecule has 0 saturated heterocycles. The number of rotatable bonds is 4. The topological polar surface area (TPSA) is 9.23 Å². The van der Waals surface area contributed by atoms with Crippen LogP contribution in [0, 0.1) is 23.2 Å². The summed E-state index contributed by atoms with van der Waals surface area (Å²) in [6, 6.07) is 0. The van der Waals surface area contributed by atoms with E-state index in [9.17, 15) is 0 Å². The van der Waals surface area contributed by atoms with E-state index in [0.29, 0.717) is 5.41 Å². The molecular weight excluding hydrogens is 172 g/mol. The van der Waals surface area contributed by atoms with Crippen molar-refractivity contribution in [2.75, 3.05) is 6.61 Å². The lowest BCUT2D eigenvalue weighted by atomic mass is 9.45. The van der Waals surface area contributed by atoms with Crippen molar-refractivity contribution in [1.82, 2.24) is 0 Å². The average Bonchev–Trinajstić information content (AvgIpc) is 2.18. The van der Waals surface area contributed by atoms with Gasteiger partial charge in [-0.05, 0) is 48.9 Å². The van der Waals surface area contributed by atoms with Gasteiger partial charge in [0.05, 0.1) is 12.9 Å². The van der Waals surface area contributed by atoms with Gasteiger partial charge in [-0.25, -0.2) is 0 Å². The number of hydrogen-bond donors (Lipinski definition) is 0. The molecule has 0 N–H and O–H groups in total. The van der Waals surface area contributed by atoms with E-state index >= 15 is 0 Å². The third-order valence-electron chi connectivity index (χ3n) is 4.73. The molecule has 2 bridgehead atoms. The fourth-order valence-electron chi connectivity index (χ4n) is 3.61. The highest BCUT2D eigenvalue weighted by atomic mass is 16.5. The molecule has 14 heavy (non-hydrogen) atoms. The Hall–Kier alpha value is -0.460. The van der Waals surface area contributed by atoms with Gasteiger partial charge in [0.15, 0.2) is 0 Å². The molecule has 0 heterocycles. The molecule has 80 valence electrons. The standard InChI is InChI=1S/C13H22O/c1-4-14-8-7-10-5-6-11-9-12(10)13(11,2)3/h4,10-12H,1,5-9H2,2-3H3. The molecule has 0 amide bonds. The third-order valence-corrected chi connectivity index (χ3v) is 4.73. The maximum Gasteiger partial charge on any atom is 0.0875 e. The first-order valence-electron chi connectivity index (χ1n) is 5.88. The Morgan fingerprint density at radius 2 is 2.21 bits per heavy atom. The summed E-state index contributed by atoms with van der Waals surface area (Å²) in [6.07, 6.45) is 7.15. The summed E-state index contributed by atoms with van der Waals surface area (Å²) < 4.78 is 5.23. The van der Waals surface area contributed by atoms with Crippen LogP contribution in [0.25, 0.3) is 0 Å². The second-order valence-corrected chi connectivity index (χ2v) is 5.52. The van der Waals surface area contributed by atoms with E-state index in [1.807, 2.05) is 0 Å². The van der Waals surface area contributed by atoms with E-state index in [0.717, 1.165) is 24.4 Å². The first kappa shape index (κ1) is 10.1. The molecule has 1 nitrogen and oxygen atoms in total. The van der Waals surface area contributed by atoms with Crippen molar-refractivity contribution < 1.29 is 4.74 Å². The summed E-state index contributed by atoms with van der Waals surface area (Å²) in [6.45, 7) is 9.35. The van der Waals surface area contributed by atoms with Crippen LogP contribution in [0.3, 0.4) is 0 Å². The molecule has 0 radical (unpaired) electrons. The van der Waals surface area contributed by atoms with Crippen LogP contribution in [0.4, 0.5) is 0 Å². The smallest absolute Gasteiger partial charge is 0.0875 e. The summed E-state index contributed by atoms with van der Waals surface area (Å²) in [5.41, 5.74) is 0.622. The first-order chi connectivity index (χ1) is 6.66. The van der Waals surface area contributed by atoms with Gasteiger partial charge >= 0.3 is 0 Å². The average molecular weight is 194 g/mol. The van der Waals surface area contributed by atoms with Crippen molar-refractivity contribution in [1.29, 1.82) is 0 Å². The molecule has 3 fully saturated rings. The Labute approximate surface area is 87.5 Å². The normalized spacial score (nSPS) is 38.6. The summed E-state index contributed by atoms with van der Waals surface area (Å²) in [5, 5.41) is 0. The van der Waals surface area contributed by atoms with Gasteiger partial charge in [-0.1, -0.05) is 20.4 Å². The van der Waals surface area contributed by atoms with E-state index in [2.05, 4.69) is 20.4 Å². The Kier molecular flexibility index (Phi) is 2.59. The molecule has 0 aromatic carbocycles. The minimum absolute atomic E-state index is 0.622. The van der Waals surface area contributed by atoms with Crippen LogP contribution in [0.1, 0.15) is 39.5 Å². The molecule has 0 aromatic rings. The van der Waals surface area contributed by atoms with Crippen molar-refractivity contribution in [2.24, 2.45) is 23.2 Å². The van der Waals surface area contributed by atoms with Crippen molar-refractivity contribution in [3.8, 4) is 0 Å². The predicted octanol–water partition coefficient (Wildman–Crippen LogP) is 3.61. The summed E-state index contributed by atoms with van der Waals surface area (Å²) in [7, 11) is 0. The van der Waals surface area contributed by atoms with Crippen LogP contribution < -0.4 is 0 Å². The molecule has 0 aliphatic heterocycles. The van der Waals surface area contributed by atoms with Gasteiger partial charge in [0, 0.05) is 0 Å². The number of ether oxygens (including phenoxy) is 1. The van der Waals surface area contributed by atoms with Crippen LogP contribution in [-0.2, 0) is 4.74 Å². The zero-order chi connectivity index (χ0) is 10.2. The zero-order valence-corrected chi connectivity index (χ0v) is 9.46. The molecule has 3 unspecified atom stereocenters. The van der Waals surface area contributed by atoms with Gasteiger partial charge in [0.2, 0.25) is 0 Å². The predicted molar refractivity (Wildman–Crippen MR) is 58.9 cm³/mol. The molecule has 0 spiro atoms. The van der Waals surface area contributed by atoms with Crippen molar-refractivity contribution in [2.45, 2.75) is 39.5 Å². The molecular formula is C13H22O. The first-order valence-corrected chi connectivity index (χ1v) is 5.88. The Balaban J connectivity index is 1.85. The van der Waals surface area contributed by atoms with E-state index in [-0.39, 0.29) is 0 Å². The maximum absolute atomic E-state index is 5.23. The Bertz CT molecular complexity index is 217. The van der Waals surface area contributed by atoms with Crippen LogP contribution in [0.2, 0.25) is 0 Å². The molecule has 3 aliphatic rings. The second-order valence-electron chi connectivity index (χ2n) is 5.52. The summed E-state index contributed by atoms with van der Waals surface area (Å²) in [4.78, 5) is 0. The summed E-state index contributed by atoms with van der Waals surface area (Å²) >= 11 is 0. The minimum Gasteiger partial charge on any atom is -0.502 e. The monoisotopic (exact) mass is 194 g/mol. The maximum atomic E-state index is 5.23. The largest absolute Gasteiger partial charge is 0.502 e. The van der Waals surface area contributed by atoms with E-state index in [1.165, 1.54) is 25.7 Å². The highest BCUT2D eigenvalue weighted by molar-refractivity contribution is 5.03. The lowest BCUT2D eigenvalue weighted by Crippen LogP contribution is -2.52. The lowest BCUT2D eigenvalue weighted by molar-refractivity contribution is -0.109. The van der Waals surface area contributed by atoms with E-state index in [1.54, 1.807) is 6.26 Å². The number of hydrogen-bond acceptors (Lipinski definition) is 1. The molecule has 3 saturated carbocycles. The highest BCUT2D eigenvalue weighted by Crippen LogP contribution is 2.61. The van der Waals surface area contributed by atoms with Gasteiger partial charge in [-0.3, -0.25) is 0 Å². The highest BCUT2D eigenvalue weighted by Gasteiger charge is 2.53. The second kappa shape index (κ2) is 3.60. The number of fused-ring (bicyclic) bond motifs is 2. The van der Waals surface area contributed by atoms with Gasteiger partial charge in [0.1, 0.15) is 0 Å². The quantitative estimate of drug-likeness (QED) is 0.490. The Morgan fingerprint density at radius 3 is 2.79 bits per heavy atom. The molecule has 1 heteroatoms. The fraction of sp³-hybridized carbons (Fsp3) is 0.846. The van der Waals surface area contributed by atoms with Gasteiger partial charge in [0.25, 0.3) is 0 Å². The van der Waals surface area contributed by atoms with Crippen LogP contribution in [0.15, 0.2) is 12.8 Å². The van der Waals surface area contributed by atoms with Crippen molar-refractivity contribution in [3.05, 3.63) is 12.8 Å². The van der Waals surface area contributed by atoms with Gasteiger partial charge in [-0.15, -0.1) is 0 Å². The van der Waals surface area contributed by atoms with Gasteiger partial charge < -0.3 is 4.74 Å². The van der Waals surface area contributed by atoms with Gasteiger partial charge in [-0.2, -0.15) is 0 Å². The molecule has 3 rings (SSSR count). The molecule has 3 aliphatic carbocycles. The van der Waals surface area contributed by atoms with Crippen molar-refractivity contribution >= 4 is 0 Å². The molecule has 3 atom stereocenters. The van der Waals surface area contributed by atoms with Crippen LogP contribution in [0.5, 0.6) is 0 Å². The van der Waals surface area contributed by atoms with E-state index in [4.69, 9.17) is 4.74 Å². The van der Waals surface area contributed by atoms with Crippen LogP contribution in [-0.4, -0.2) is 6.61 Å². The summed E-state index contributed by atoms with van der Waals surface area (Å²) in [5.74, 6) is 2.90. The SMILES string of the molecule is C=COCCC1CCC2CC1C2(C)C. The van der Waals surface area contributed by atoms with Crippen molar-refractivity contribution in [3.63, 3.8) is 0 Å². The minimum atomic E-state index is 0.622. The Morgan fingerprint density at radius 1 is 1.43 bits per heavy atom. The van der Waals surface area contributed by atoms with Crippen LogP contribution >= 0.6 is 0 Å². The molecule has 0 aromatic heterocycles.